The first-order chi connectivity index (χ1) is 14.5. The lowest BCUT2D eigenvalue weighted by molar-refractivity contribution is -0.516. The Morgan fingerprint density at radius 2 is 0.974 bits per heavy atom. The molecular weight excluding hydrogens is 615 g/mol. The number of halogens is 17. The molecule has 0 saturated heterocycles. The molecule has 1 N–H and O–H groups in total. The number of ether oxygens (including phenoxy) is 2. The molecule has 0 rings (SSSR count). The maximum absolute atomic E-state index is 13.4. The molecule has 38 heavy (non-hydrogen) atoms. The molecular formula is C15H27F17O5S. The zero-order chi connectivity index (χ0) is 28.8. The predicted molar refractivity (Wildman–Crippen MR) is 99.9 cm³/mol. The highest BCUT2D eigenvalue weighted by molar-refractivity contribution is 7.86. The van der Waals surface area contributed by atoms with Crippen LogP contribution in [0.25, 0.3) is 0 Å². The molecule has 0 heterocycles. The summed E-state index contributed by atoms with van der Waals surface area (Å²) in [5.41, 5.74) is 0. The van der Waals surface area contributed by atoms with Crippen LogP contribution in [0.15, 0.2) is 0 Å². The van der Waals surface area contributed by atoms with Gasteiger partial charge in [0.15, 0.2) is 6.67 Å². The summed E-state index contributed by atoms with van der Waals surface area (Å²) in [6, 6.07) is 0. The molecule has 1 atom stereocenters. The zero-order valence-corrected chi connectivity index (χ0v) is 16.6. The lowest BCUT2D eigenvalue weighted by atomic mass is 10.2. The summed E-state index contributed by atoms with van der Waals surface area (Å²) in [5.74, 6) is -10.5. The van der Waals surface area contributed by atoms with Gasteiger partial charge in [0.1, 0.15) is 6.61 Å². The molecule has 242 valence electrons. The second kappa shape index (κ2) is 16.7. The smallest absolute Gasteiger partial charge is 0.306 e. The van der Waals surface area contributed by atoms with Crippen molar-refractivity contribution in [1.82, 2.24) is 0 Å². The van der Waals surface area contributed by atoms with E-state index in [0.717, 1.165) is 0 Å². The Morgan fingerprint density at radius 1 is 0.684 bits per heavy atom. The summed E-state index contributed by atoms with van der Waals surface area (Å²) in [5, 5.41) is -7.12. The van der Waals surface area contributed by atoms with Gasteiger partial charge in [-0.2, -0.15) is 65.5 Å². The van der Waals surface area contributed by atoms with Gasteiger partial charge in [0.2, 0.25) is 0 Å². The Morgan fingerprint density at radius 3 is 1.16 bits per heavy atom. The van der Waals surface area contributed by atoms with Gasteiger partial charge in [-0.25, -0.2) is 13.2 Å². The maximum Gasteiger partial charge on any atom is 0.460 e. The number of hydrogen-bond donors (Lipinski definition) is 1. The van der Waals surface area contributed by atoms with Crippen molar-refractivity contribution in [1.29, 1.82) is 0 Å². The van der Waals surface area contributed by atoms with Crippen molar-refractivity contribution in [3.05, 3.63) is 0 Å². The van der Waals surface area contributed by atoms with E-state index in [4.69, 9.17) is 4.55 Å². The highest BCUT2D eigenvalue weighted by atomic mass is 32.2. The molecule has 5 nitrogen and oxygen atoms in total. The molecule has 0 aliphatic rings. The fourth-order valence-corrected chi connectivity index (χ4v) is 1.28. The van der Waals surface area contributed by atoms with Crippen LogP contribution in [0.4, 0.5) is 74.6 Å². The van der Waals surface area contributed by atoms with E-state index in [-0.39, 0.29) is 29.7 Å². The number of alkyl halides is 17. The first-order valence-electron chi connectivity index (χ1n) is 7.06. The first-order valence-corrected chi connectivity index (χ1v) is 8.50. The molecule has 0 aliphatic heterocycles. The van der Waals surface area contributed by atoms with Crippen molar-refractivity contribution in [2.75, 3.05) is 20.5 Å². The largest absolute Gasteiger partial charge is 0.460 e. The quantitative estimate of drug-likeness (QED) is 0.214. The monoisotopic (exact) mass is 642 g/mol. The predicted octanol–water partition coefficient (Wildman–Crippen LogP) is 8.22. The van der Waals surface area contributed by atoms with Crippen LogP contribution in [-0.4, -0.2) is 75.0 Å². The Kier molecular flexibility index (Phi) is 23.2. The summed E-state index contributed by atoms with van der Waals surface area (Å²) < 4.78 is 236. The molecule has 0 aromatic rings. The third-order valence-electron chi connectivity index (χ3n) is 2.32. The lowest BCUT2D eigenvalue weighted by Crippen LogP contribution is -2.64. The average Bonchev–Trinajstić information content (AvgIpc) is 2.58. The summed E-state index contributed by atoms with van der Waals surface area (Å²) in [6.07, 6.45) is -27.7. The van der Waals surface area contributed by atoms with E-state index < -0.39 is 65.0 Å². The van der Waals surface area contributed by atoms with E-state index in [1.165, 1.54) is 0 Å². The van der Waals surface area contributed by atoms with Crippen molar-refractivity contribution >= 4 is 10.1 Å². The van der Waals surface area contributed by atoms with E-state index in [9.17, 15) is 83.1 Å². The lowest BCUT2D eigenvalue weighted by Gasteiger charge is -2.37. The van der Waals surface area contributed by atoms with Gasteiger partial charge < -0.3 is 4.74 Å². The van der Waals surface area contributed by atoms with Crippen molar-refractivity contribution < 1.29 is 97.1 Å². The molecule has 23 heteroatoms. The van der Waals surface area contributed by atoms with Crippen LogP contribution < -0.4 is 0 Å². The van der Waals surface area contributed by atoms with Crippen LogP contribution in [-0.2, 0) is 19.6 Å². The molecule has 0 aliphatic carbocycles. The van der Waals surface area contributed by atoms with E-state index in [2.05, 4.69) is 4.74 Å². The summed E-state index contributed by atoms with van der Waals surface area (Å²) >= 11 is 0. The standard InChI is InChI=1S/C7H3F13O5S.C3H5F3.CH3F.4CH4/c8-2(9,10)1-24-5(15,16)3(11,4(12,13)14)25-6(17,18)7(19,20)26(21,22)23;1-3(5,6)2-4;1-2;;;;/h1H2,(H,21,22,23);2H2,1H3;1H3;4*1H4. The average molecular weight is 642 g/mol. The second-order valence-corrected chi connectivity index (χ2v) is 6.79. The molecule has 0 fully saturated rings. The summed E-state index contributed by atoms with van der Waals surface area (Å²) in [7, 11) is -6.87. The number of rotatable bonds is 8. The Bertz CT molecular complexity index is 717. The van der Waals surface area contributed by atoms with Gasteiger partial charge in [-0.15, -0.1) is 0 Å². The Balaban J connectivity index is -0.000000141. The third kappa shape index (κ3) is 15.3. The summed E-state index contributed by atoms with van der Waals surface area (Å²) in [4.78, 5) is 0. The normalized spacial score (nSPS) is 14.3. The fourth-order valence-electron chi connectivity index (χ4n) is 0.934. The van der Waals surface area contributed by atoms with E-state index >= 15 is 0 Å². The molecule has 0 bridgehead atoms. The Hall–Kier alpha value is -1.36. The van der Waals surface area contributed by atoms with Crippen molar-refractivity contribution in [3.8, 4) is 0 Å². The topological polar surface area (TPSA) is 72.8 Å². The number of hydrogen-bond acceptors (Lipinski definition) is 4. The fraction of sp³-hybridized carbons (Fsp3) is 1.00. The van der Waals surface area contributed by atoms with Gasteiger partial charge in [-0.3, -0.25) is 13.7 Å². The molecule has 0 saturated carbocycles. The van der Waals surface area contributed by atoms with E-state index in [1.54, 1.807) is 4.74 Å². The second-order valence-electron chi connectivity index (χ2n) is 5.33. The zero-order valence-electron chi connectivity index (χ0n) is 15.8. The van der Waals surface area contributed by atoms with Gasteiger partial charge >= 0.3 is 45.8 Å². The van der Waals surface area contributed by atoms with Crippen LogP contribution in [0.2, 0.25) is 0 Å². The minimum Gasteiger partial charge on any atom is -0.306 e. The SMILES string of the molecule is C.C.C.C.CC(F)(F)CF.CF.O=S(=O)(O)C(F)(F)C(F)(F)OC(F)(C(F)(F)F)C(F)(F)OCC(F)(F)F. The van der Waals surface area contributed by atoms with Crippen LogP contribution in [0.5, 0.6) is 0 Å². The van der Waals surface area contributed by atoms with Crippen molar-refractivity contribution in [2.24, 2.45) is 0 Å². The Labute approximate surface area is 207 Å². The van der Waals surface area contributed by atoms with Crippen molar-refractivity contribution in [3.63, 3.8) is 0 Å². The maximum atomic E-state index is 13.4. The molecule has 0 radical (unpaired) electrons. The molecule has 0 amide bonds. The van der Waals surface area contributed by atoms with E-state index in [1.807, 2.05) is 0 Å². The summed E-state index contributed by atoms with van der Waals surface area (Å²) in [6.45, 7) is -4.41. The molecule has 0 aromatic carbocycles. The van der Waals surface area contributed by atoms with Crippen LogP contribution >= 0.6 is 0 Å². The molecule has 0 aromatic heterocycles. The minimum absolute atomic E-state index is 0. The molecule has 0 spiro atoms. The molecule has 1 unspecified atom stereocenters. The highest BCUT2D eigenvalue weighted by Gasteiger charge is 2.81. The van der Waals surface area contributed by atoms with E-state index in [0.29, 0.717) is 14.1 Å². The first kappa shape index (κ1) is 53.0. The van der Waals surface area contributed by atoms with Gasteiger partial charge in [0, 0.05) is 6.92 Å². The minimum atomic E-state index is -7.46. The van der Waals surface area contributed by atoms with Gasteiger partial charge in [-0.05, 0) is 0 Å². The van der Waals surface area contributed by atoms with Gasteiger partial charge in [0.05, 0.1) is 7.18 Å². The van der Waals surface area contributed by atoms with Crippen LogP contribution in [0, 0.1) is 0 Å². The third-order valence-corrected chi connectivity index (χ3v) is 3.21. The van der Waals surface area contributed by atoms with Crippen LogP contribution in [0.1, 0.15) is 36.6 Å². The van der Waals surface area contributed by atoms with Gasteiger partial charge in [0.25, 0.3) is 5.92 Å². The highest BCUT2D eigenvalue weighted by Crippen LogP contribution is 2.52. The van der Waals surface area contributed by atoms with Crippen LogP contribution in [0.3, 0.4) is 0 Å². The van der Waals surface area contributed by atoms with Gasteiger partial charge in [-0.1, -0.05) is 29.7 Å². The van der Waals surface area contributed by atoms with Crippen molar-refractivity contribution in [2.45, 2.75) is 78.2 Å².